The van der Waals surface area contributed by atoms with Crippen LogP contribution in [0.15, 0.2) is 42.5 Å². The lowest BCUT2D eigenvalue weighted by molar-refractivity contribution is 0.530. The second kappa shape index (κ2) is 5.77. The predicted molar refractivity (Wildman–Crippen MR) is 85.8 cm³/mol. The summed E-state index contributed by atoms with van der Waals surface area (Å²) in [6.07, 6.45) is 1.07. The summed E-state index contributed by atoms with van der Waals surface area (Å²) in [5.41, 5.74) is 4.05. The molecule has 3 heteroatoms. The summed E-state index contributed by atoms with van der Waals surface area (Å²) in [6, 6.07) is 15.1. The zero-order valence-corrected chi connectivity index (χ0v) is 12.9. The fraction of sp³-hybridized carbons (Fsp3) is 0.294. The summed E-state index contributed by atoms with van der Waals surface area (Å²) in [6.45, 7) is 3.13. The quantitative estimate of drug-likeness (QED) is 0.824. The van der Waals surface area contributed by atoms with Gasteiger partial charge in [-0.15, -0.1) is 0 Å². The third-order valence-electron chi connectivity index (χ3n) is 4.01. The molecule has 1 nitrogen and oxygen atoms in total. The molecule has 1 N–H and O–H groups in total. The van der Waals surface area contributed by atoms with Crippen molar-refractivity contribution in [3.8, 4) is 0 Å². The van der Waals surface area contributed by atoms with Gasteiger partial charge in [-0.1, -0.05) is 60.5 Å². The van der Waals surface area contributed by atoms with E-state index in [0.717, 1.165) is 13.0 Å². The molecule has 0 amide bonds. The molecule has 0 bridgehead atoms. The van der Waals surface area contributed by atoms with Crippen LogP contribution in [-0.2, 0) is 0 Å². The lowest BCUT2D eigenvalue weighted by Crippen LogP contribution is -2.18. The van der Waals surface area contributed by atoms with E-state index in [-0.39, 0.29) is 0 Å². The molecule has 2 aromatic carbocycles. The van der Waals surface area contributed by atoms with E-state index in [4.69, 9.17) is 23.2 Å². The second-order valence-electron chi connectivity index (χ2n) is 5.20. The van der Waals surface area contributed by atoms with Gasteiger partial charge in [0.1, 0.15) is 0 Å². The van der Waals surface area contributed by atoms with Crippen LogP contribution in [0.25, 0.3) is 0 Å². The first kappa shape index (κ1) is 13.9. The molecule has 0 aliphatic heterocycles. The normalized spacial score (nSPS) is 20.9. The van der Waals surface area contributed by atoms with Crippen LogP contribution in [0.4, 0.5) is 0 Å². The Bertz CT molecular complexity index is 624. The summed E-state index contributed by atoms with van der Waals surface area (Å²) in [4.78, 5) is 0. The van der Waals surface area contributed by atoms with E-state index in [1.54, 1.807) is 0 Å². The van der Waals surface area contributed by atoms with Gasteiger partial charge in [-0.3, -0.25) is 0 Å². The van der Waals surface area contributed by atoms with Gasteiger partial charge in [-0.05, 0) is 41.8 Å². The molecule has 0 radical (unpaired) electrons. The fourth-order valence-corrected chi connectivity index (χ4v) is 3.43. The Morgan fingerprint density at radius 3 is 2.50 bits per heavy atom. The number of halogens is 2. The minimum Gasteiger partial charge on any atom is -0.310 e. The van der Waals surface area contributed by atoms with E-state index in [0.29, 0.717) is 22.0 Å². The highest BCUT2D eigenvalue weighted by atomic mass is 35.5. The Hall–Kier alpha value is -1.02. The molecule has 2 aromatic rings. The smallest absolute Gasteiger partial charge is 0.0595 e. The summed E-state index contributed by atoms with van der Waals surface area (Å²) in [5, 5.41) is 4.82. The Morgan fingerprint density at radius 2 is 1.80 bits per heavy atom. The maximum atomic E-state index is 6.17. The standard InChI is InChI=1S/C17H17Cl2N/c1-2-20-17-10-14(12-5-3-4-6-13(12)17)11-7-8-15(18)16(19)9-11/h3-9,14,17,20H,2,10H2,1H3/t14-,17-/m0/s1. The van der Waals surface area contributed by atoms with Gasteiger partial charge in [-0.2, -0.15) is 0 Å². The molecule has 0 saturated carbocycles. The molecule has 0 unspecified atom stereocenters. The summed E-state index contributed by atoms with van der Waals surface area (Å²) < 4.78 is 0. The average Bonchev–Trinajstić information content (AvgIpc) is 2.82. The highest BCUT2D eigenvalue weighted by Crippen LogP contribution is 2.44. The van der Waals surface area contributed by atoms with Crippen molar-refractivity contribution in [2.24, 2.45) is 0 Å². The first-order valence-electron chi connectivity index (χ1n) is 6.98. The SMILES string of the molecule is CCN[C@H]1C[C@@H](c2ccc(Cl)c(Cl)c2)c2ccccc21. The summed E-state index contributed by atoms with van der Waals surface area (Å²) in [7, 11) is 0. The molecule has 0 fully saturated rings. The molecule has 3 rings (SSSR count). The first-order chi connectivity index (χ1) is 9.70. The molecule has 0 heterocycles. The van der Waals surface area contributed by atoms with Crippen molar-refractivity contribution in [2.75, 3.05) is 6.54 Å². The van der Waals surface area contributed by atoms with Crippen LogP contribution in [-0.4, -0.2) is 6.54 Å². The van der Waals surface area contributed by atoms with E-state index in [1.165, 1.54) is 16.7 Å². The third-order valence-corrected chi connectivity index (χ3v) is 4.75. The van der Waals surface area contributed by atoms with Gasteiger partial charge >= 0.3 is 0 Å². The van der Waals surface area contributed by atoms with Crippen molar-refractivity contribution in [3.05, 3.63) is 69.2 Å². The van der Waals surface area contributed by atoms with Gasteiger partial charge in [0.25, 0.3) is 0 Å². The average molecular weight is 306 g/mol. The van der Waals surface area contributed by atoms with E-state index in [9.17, 15) is 0 Å². The number of benzene rings is 2. The number of fused-ring (bicyclic) bond motifs is 1. The Balaban J connectivity index is 2.01. The number of nitrogens with one attached hydrogen (secondary N) is 1. The van der Waals surface area contributed by atoms with Crippen LogP contribution in [0.2, 0.25) is 10.0 Å². The molecule has 0 saturated heterocycles. The molecule has 104 valence electrons. The fourth-order valence-electron chi connectivity index (χ4n) is 3.12. The zero-order valence-electron chi connectivity index (χ0n) is 11.4. The molecule has 0 aromatic heterocycles. The van der Waals surface area contributed by atoms with Crippen LogP contribution in [0, 0.1) is 0 Å². The largest absolute Gasteiger partial charge is 0.310 e. The van der Waals surface area contributed by atoms with Crippen LogP contribution in [0.5, 0.6) is 0 Å². The van der Waals surface area contributed by atoms with Crippen LogP contribution >= 0.6 is 23.2 Å². The van der Waals surface area contributed by atoms with E-state index >= 15 is 0 Å². The molecule has 1 aliphatic carbocycles. The Kier molecular flexibility index (Phi) is 4.02. The summed E-state index contributed by atoms with van der Waals surface area (Å²) >= 11 is 12.2. The molecular formula is C17H17Cl2N. The predicted octanol–water partition coefficient (Wildman–Crippen LogP) is 5.18. The lowest BCUT2D eigenvalue weighted by Gasteiger charge is -2.14. The molecule has 20 heavy (non-hydrogen) atoms. The van der Waals surface area contributed by atoms with Crippen LogP contribution in [0.1, 0.15) is 42.0 Å². The van der Waals surface area contributed by atoms with Gasteiger partial charge in [0.15, 0.2) is 0 Å². The van der Waals surface area contributed by atoms with Gasteiger partial charge in [0.05, 0.1) is 10.0 Å². The van der Waals surface area contributed by atoms with Crippen LogP contribution in [0.3, 0.4) is 0 Å². The number of hydrogen-bond donors (Lipinski definition) is 1. The van der Waals surface area contributed by atoms with Gasteiger partial charge in [0.2, 0.25) is 0 Å². The van der Waals surface area contributed by atoms with Gasteiger partial charge < -0.3 is 5.32 Å². The molecule has 0 spiro atoms. The summed E-state index contributed by atoms with van der Waals surface area (Å²) in [5.74, 6) is 0.394. The second-order valence-corrected chi connectivity index (χ2v) is 6.02. The van der Waals surface area contributed by atoms with E-state index in [2.05, 4.69) is 42.6 Å². The minimum atomic E-state index is 0.394. The van der Waals surface area contributed by atoms with Crippen molar-refractivity contribution in [2.45, 2.75) is 25.3 Å². The van der Waals surface area contributed by atoms with Crippen molar-refractivity contribution in [3.63, 3.8) is 0 Å². The van der Waals surface area contributed by atoms with Crippen molar-refractivity contribution in [1.29, 1.82) is 0 Å². The Labute approximate surface area is 129 Å². The van der Waals surface area contributed by atoms with Crippen molar-refractivity contribution >= 4 is 23.2 Å². The molecule has 1 aliphatic rings. The Morgan fingerprint density at radius 1 is 1.05 bits per heavy atom. The van der Waals surface area contributed by atoms with Crippen LogP contribution < -0.4 is 5.32 Å². The van der Waals surface area contributed by atoms with E-state index in [1.807, 2.05) is 12.1 Å². The third kappa shape index (κ3) is 2.46. The van der Waals surface area contributed by atoms with Crippen molar-refractivity contribution in [1.82, 2.24) is 5.32 Å². The molecular weight excluding hydrogens is 289 g/mol. The number of hydrogen-bond acceptors (Lipinski definition) is 1. The van der Waals surface area contributed by atoms with Crippen molar-refractivity contribution < 1.29 is 0 Å². The van der Waals surface area contributed by atoms with E-state index < -0.39 is 0 Å². The highest BCUT2D eigenvalue weighted by molar-refractivity contribution is 6.42. The first-order valence-corrected chi connectivity index (χ1v) is 7.73. The zero-order chi connectivity index (χ0) is 14.1. The maximum absolute atomic E-state index is 6.17. The van der Waals surface area contributed by atoms with Gasteiger partial charge in [0, 0.05) is 12.0 Å². The lowest BCUT2D eigenvalue weighted by atomic mass is 9.93. The monoisotopic (exact) mass is 305 g/mol. The minimum absolute atomic E-state index is 0.394. The van der Waals surface area contributed by atoms with Gasteiger partial charge in [-0.25, -0.2) is 0 Å². The maximum Gasteiger partial charge on any atom is 0.0595 e. The molecule has 2 atom stereocenters. The topological polar surface area (TPSA) is 12.0 Å². The number of rotatable bonds is 3. The highest BCUT2D eigenvalue weighted by Gasteiger charge is 2.31.